The highest BCUT2D eigenvalue weighted by molar-refractivity contribution is 5.76. The van der Waals surface area contributed by atoms with Crippen molar-refractivity contribution < 1.29 is 19.2 Å². The topological polar surface area (TPSA) is 64.6 Å². The maximum atomic E-state index is 11.5. The number of carbonyl (C=O) groups excluding carboxylic acids is 2. The molecule has 0 bridgehead atoms. The Morgan fingerprint density at radius 3 is 2.47 bits per heavy atom. The largest absolute Gasteiger partial charge is 0.468 e. The van der Waals surface area contributed by atoms with Gasteiger partial charge in [-0.15, -0.1) is 5.48 Å². The molecule has 0 aromatic heterocycles. The number of hydrogen-bond acceptors (Lipinski definition) is 5. The smallest absolute Gasteiger partial charge is 0.326 e. The summed E-state index contributed by atoms with van der Waals surface area (Å²) in [6.07, 6.45) is 0.390. The van der Waals surface area contributed by atoms with Crippen LogP contribution in [0.25, 0.3) is 0 Å². The minimum Gasteiger partial charge on any atom is -0.468 e. The van der Waals surface area contributed by atoms with Crippen LogP contribution in [0.15, 0.2) is 30.3 Å². The molecule has 0 spiro atoms. The van der Waals surface area contributed by atoms with Crippen molar-refractivity contribution in [2.45, 2.75) is 19.4 Å². The summed E-state index contributed by atoms with van der Waals surface area (Å²) in [6.45, 7) is 1.25. The van der Waals surface area contributed by atoms with Crippen molar-refractivity contribution in [2.24, 2.45) is 0 Å². The van der Waals surface area contributed by atoms with E-state index < -0.39 is 18.0 Å². The summed E-state index contributed by atoms with van der Waals surface area (Å²) >= 11 is 0. The molecule has 1 atom stereocenters. The van der Waals surface area contributed by atoms with Crippen LogP contribution < -0.4 is 5.48 Å². The first kappa shape index (κ1) is 13.2. The summed E-state index contributed by atoms with van der Waals surface area (Å²) in [5.41, 5.74) is 3.34. The number of hydroxylamine groups is 1. The number of hydrogen-bond donors (Lipinski definition) is 1. The number of rotatable bonds is 5. The van der Waals surface area contributed by atoms with E-state index in [2.05, 4.69) is 15.1 Å². The van der Waals surface area contributed by atoms with Gasteiger partial charge in [0, 0.05) is 13.3 Å². The highest BCUT2D eigenvalue weighted by atomic mass is 16.7. The van der Waals surface area contributed by atoms with E-state index in [0.29, 0.717) is 6.42 Å². The molecule has 5 heteroatoms. The summed E-state index contributed by atoms with van der Waals surface area (Å²) in [4.78, 5) is 26.7. The molecule has 1 aromatic carbocycles. The van der Waals surface area contributed by atoms with Gasteiger partial charge in [-0.05, 0) is 5.56 Å². The number of esters is 1. The fourth-order valence-electron chi connectivity index (χ4n) is 1.32. The fraction of sp³-hybridized carbons (Fsp3) is 0.333. The first-order valence-corrected chi connectivity index (χ1v) is 5.18. The molecule has 0 aliphatic carbocycles. The van der Waals surface area contributed by atoms with Gasteiger partial charge in [0.1, 0.15) is 6.04 Å². The second kappa shape index (κ2) is 6.65. The summed E-state index contributed by atoms with van der Waals surface area (Å²) in [7, 11) is 1.29. The lowest BCUT2D eigenvalue weighted by atomic mass is 10.1. The van der Waals surface area contributed by atoms with Gasteiger partial charge in [-0.25, -0.2) is 0 Å². The lowest BCUT2D eigenvalue weighted by molar-refractivity contribution is -0.157. The Bertz CT molecular complexity index is 377. The van der Waals surface area contributed by atoms with Crippen LogP contribution >= 0.6 is 0 Å². The van der Waals surface area contributed by atoms with E-state index in [0.717, 1.165) is 5.56 Å². The molecule has 0 amide bonds. The van der Waals surface area contributed by atoms with Gasteiger partial charge in [0.15, 0.2) is 0 Å². The van der Waals surface area contributed by atoms with Crippen molar-refractivity contribution in [1.82, 2.24) is 5.48 Å². The first-order chi connectivity index (χ1) is 8.13. The molecule has 1 N–H and O–H groups in total. The van der Waals surface area contributed by atoms with Crippen LogP contribution in [0.3, 0.4) is 0 Å². The van der Waals surface area contributed by atoms with Crippen molar-refractivity contribution in [3.8, 4) is 0 Å². The monoisotopic (exact) mass is 237 g/mol. The fourth-order valence-corrected chi connectivity index (χ4v) is 1.32. The second-order valence-electron chi connectivity index (χ2n) is 3.48. The number of benzene rings is 1. The maximum Gasteiger partial charge on any atom is 0.326 e. The standard InChI is InChI=1S/C12H15NO4/c1-9(14)17-13-11(12(15)16-2)8-10-6-4-3-5-7-10/h3-7,11,13H,8H2,1-2H3/t11-/m0/s1. The van der Waals surface area contributed by atoms with E-state index in [9.17, 15) is 9.59 Å². The third-order valence-electron chi connectivity index (χ3n) is 2.11. The maximum absolute atomic E-state index is 11.5. The first-order valence-electron chi connectivity index (χ1n) is 5.18. The molecular formula is C12H15NO4. The number of methoxy groups -OCH3 is 1. The number of nitrogens with one attached hydrogen (secondary N) is 1. The number of carbonyl (C=O) groups is 2. The molecule has 1 rings (SSSR count). The summed E-state index contributed by atoms with van der Waals surface area (Å²) in [5, 5.41) is 0. The average molecular weight is 237 g/mol. The predicted molar refractivity (Wildman–Crippen MR) is 60.9 cm³/mol. The van der Waals surface area contributed by atoms with Crippen LogP contribution in [-0.4, -0.2) is 25.1 Å². The molecule has 0 heterocycles. The zero-order valence-electron chi connectivity index (χ0n) is 9.80. The summed E-state index contributed by atoms with van der Waals surface area (Å²) in [5.74, 6) is -0.984. The van der Waals surface area contributed by atoms with E-state index in [1.54, 1.807) is 0 Å². The molecule has 92 valence electrons. The predicted octanol–water partition coefficient (Wildman–Crippen LogP) is 0.838. The molecule has 5 nitrogen and oxygen atoms in total. The lowest BCUT2D eigenvalue weighted by Crippen LogP contribution is -2.40. The molecular weight excluding hydrogens is 222 g/mol. The van der Waals surface area contributed by atoms with Crippen molar-refractivity contribution >= 4 is 11.9 Å². The molecule has 0 saturated carbocycles. The molecule has 0 aliphatic heterocycles. The molecule has 0 aliphatic rings. The van der Waals surface area contributed by atoms with E-state index >= 15 is 0 Å². The Labute approximate surface area is 99.7 Å². The van der Waals surface area contributed by atoms with Crippen molar-refractivity contribution in [1.29, 1.82) is 0 Å². The molecule has 0 radical (unpaired) electrons. The van der Waals surface area contributed by atoms with Gasteiger partial charge in [0.25, 0.3) is 0 Å². The van der Waals surface area contributed by atoms with Gasteiger partial charge in [0.05, 0.1) is 7.11 Å². The third-order valence-corrected chi connectivity index (χ3v) is 2.11. The Morgan fingerprint density at radius 1 is 1.29 bits per heavy atom. The van der Waals surface area contributed by atoms with Gasteiger partial charge >= 0.3 is 11.9 Å². The zero-order valence-corrected chi connectivity index (χ0v) is 9.80. The number of ether oxygens (including phenoxy) is 1. The SMILES string of the molecule is COC(=O)[C@H](Cc1ccccc1)NOC(C)=O. The lowest BCUT2D eigenvalue weighted by Gasteiger charge is -2.15. The van der Waals surface area contributed by atoms with Crippen LogP contribution in [0.4, 0.5) is 0 Å². The van der Waals surface area contributed by atoms with Gasteiger partial charge in [-0.2, -0.15) is 0 Å². The molecule has 0 unspecified atom stereocenters. The van der Waals surface area contributed by atoms with Crippen molar-refractivity contribution in [2.75, 3.05) is 7.11 Å². The quantitative estimate of drug-likeness (QED) is 0.607. The van der Waals surface area contributed by atoms with Crippen LogP contribution in [0.5, 0.6) is 0 Å². The Balaban J connectivity index is 2.63. The highest BCUT2D eigenvalue weighted by Gasteiger charge is 2.20. The normalized spacial score (nSPS) is 11.6. The highest BCUT2D eigenvalue weighted by Crippen LogP contribution is 2.04. The minimum atomic E-state index is -0.703. The van der Waals surface area contributed by atoms with Crippen LogP contribution in [0.2, 0.25) is 0 Å². The van der Waals surface area contributed by atoms with Crippen molar-refractivity contribution in [3.05, 3.63) is 35.9 Å². The van der Waals surface area contributed by atoms with Crippen LogP contribution in [-0.2, 0) is 25.6 Å². The molecule has 0 fully saturated rings. The van der Waals surface area contributed by atoms with E-state index in [1.807, 2.05) is 30.3 Å². The van der Waals surface area contributed by atoms with E-state index in [-0.39, 0.29) is 0 Å². The Kier molecular flexibility index (Phi) is 5.16. The minimum absolute atomic E-state index is 0.390. The van der Waals surface area contributed by atoms with E-state index in [4.69, 9.17) is 0 Å². The van der Waals surface area contributed by atoms with Gasteiger partial charge in [0.2, 0.25) is 0 Å². The van der Waals surface area contributed by atoms with Gasteiger partial charge in [-0.3, -0.25) is 9.59 Å². The van der Waals surface area contributed by atoms with E-state index in [1.165, 1.54) is 14.0 Å². The molecule has 0 saturated heterocycles. The summed E-state index contributed by atoms with van der Waals surface area (Å²) < 4.78 is 4.62. The molecule has 17 heavy (non-hydrogen) atoms. The van der Waals surface area contributed by atoms with Crippen LogP contribution in [0, 0.1) is 0 Å². The summed E-state index contributed by atoms with van der Waals surface area (Å²) in [6, 6.07) is 8.68. The Hall–Kier alpha value is -1.88. The molecule has 1 aromatic rings. The van der Waals surface area contributed by atoms with Crippen molar-refractivity contribution in [3.63, 3.8) is 0 Å². The van der Waals surface area contributed by atoms with Gasteiger partial charge < -0.3 is 9.57 Å². The second-order valence-corrected chi connectivity index (χ2v) is 3.48. The van der Waals surface area contributed by atoms with Gasteiger partial charge in [-0.1, -0.05) is 30.3 Å². The third kappa shape index (κ3) is 4.65. The average Bonchev–Trinajstić information content (AvgIpc) is 2.34. The van der Waals surface area contributed by atoms with Crippen LogP contribution in [0.1, 0.15) is 12.5 Å². The zero-order chi connectivity index (χ0) is 12.7. The Morgan fingerprint density at radius 2 is 1.94 bits per heavy atom.